The summed E-state index contributed by atoms with van der Waals surface area (Å²) in [4.78, 5) is 27.1. The second-order valence-corrected chi connectivity index (χ2v) is 8.95. The number of carbonyl (C=O) groups excluding carboxylic acids is 1. The number of carbonyl (C=O) groups is 1. The van der Waals surface area contributed by atoms with Crippen molar-refractivity contribution in [3.05, 3.63) is 39.7 Å². The minimum Gasteiger partial charge on any atom is -0.484 e. The topological polar surface area (TPSA) is 71.8 Å². The average Bonchev–Trinajstić information content (AvgIpc) is 3.27. The summed E-state index contributed by atoms with van der Waals surface area (Å²) >= 11 is 0. The number of fused-ring (bicyclic) bond motifs is 4. The largest absolute Gasteiger partial charge is 0.484 e. The predicted octanol–water partition coefficient (Wildman–Crippen LogP) is 3.04. The third-order valence-corrected chi connectivity index (χ3v) is 7.11. The van der Waals surface area contributed by atoms with Crippen LogP contribution >= 0.6 is 0 Å². The van der Waals surface area contributed by atoms with Gasteiger partial charge in [-0.3, -0.25) is 4.79 Å². The van der Waals surface area contributed by atoms with Gasteiger partial charge in [-0.1, -0.05) is 6.42 Å². The summed E-state index contributed by atoms with van der Waals surface area (Å²) < 4.78 is 11.2. The van der Waals surface area contributed by atoms with Crippen molar-refractivity contribution < 1.29 is 13.9 Å². The third kappa shape index (κ3) is 3.85. The Bertz CT molecular complexity index is 997. The molecule has 2 fully saturated rings. The van der Waals surface area contributed by atoms with Gasteiger partial charge in [-0.15, -0.1) is 0 Å². The van der Waals surface area contributed by atoms with E-state index in [1.54, 1.807) is 6.07 Å². The van der Waals surface area contributed by atoms with Gasteiger partial charge in [0.25, 0.3) is 5.91 Å². The number of hydrogen-bond donors (Lipinski definition) is 1. The van der Waals surface area contributed by atoms with Crippen molar-refractivity contribution in [2.45, 2.75) is 57.4 Å². The third-order valence-electron chi connectivity index (χ3n) is 7.11. The molecule has 0 saturated carbocycles. The van der Waals surface area contributed by atoms with Gasteiger partial charge in [-0.25, -0.2) is 4.79 Å². The van der Waals surface area contributed by atoms with Crippen molar-refractivity contribution in [2.75, 3.05) is 26.2 Å². The number of nitrogens with zero attached hydrogens (tertiary/aromatic N) is 1. The first-order valence-electron chi connectivity index (χ1n) is 11.4. The van der Waals surface area contributed by atoms with Gasteiger partial charge in [0.05, 0.1) is 0 Å². The van der Waals surface area contributed by atoms with Crippen molar-refractivity contribution in [2.24, 2.45) is 5.92 Å². The lowest BCUT2D eigenvalue weighted by atomic mass is 9.83. The van der Waals surface area contributed by atoms with Crippen LogP contribution in [0.1, 0.15) is 49.7 Å². The van der Waals surface area contributed by atoms with Crippen LogP contribution in [-0.4, -0.2) is 43.1 Å². The number of piperidine rings is 2. The van der Waals surface area contributed by atoms with Crippen molar-refractivity contribution in [1.82, 2.24) is 10.2 Å². The predicted molar refractivity (Wildman–Crippen MR) is 115 cm³/mol. The number of aryl methyl sites for hydroxylation is 1. The molecule has 2 unspecified atom stereocenters. The number of hydrogen-bond acceptors (Lipinski definition) is 5. The molecule has 1 aliphatic carbocycles. The molecule has 1 aromatic carbocycles. The highest BCUT2D eigenvalue weighted by Crippen LogP contribution is 2.31. The van der Waals surface area contributed by atoms with Crippen molar-refractivity contribution >= 4 is 16.9 Å². The van der Waals surface area contributed by atoms with E-state index in [0.29, 0.717) is 23.3 Å². The molecule has 0 radical (unpaired) electrons. The summed E-state index contributed by atoms with van der Waals surface area (Å²) in [6.45, 7) is 3.11. The highest BCUT2D eigenvalue weighted by molar-refractivity contribution is 5.83. The fraction of sp³-hybridized carbons (Fsp3) is 0.583. The Morgan fingerprint density at radius 3 is 2.90 bits per heavy atom. The molecule has 2 atom stereocenters. The Balaban J connectivity index is 1.18. The van der Waals surface area contributed by atoms with Crippen molar-refractivity contribution in [3.8, 4) is 5.75 Å². The zero-order valence-electron chi connectivity index (χ0n) is 17.5. The summed E-state index contributed by atoms with van der Waals surface area (Å²) in [6.07, 6.45) is 8.98. The molecule has 0 spiro atoms. The van der Waals surface area contributed by atoms with E-state index in [1.165, 1.54) is 45.2 Å². The minimum atomic E-state index is -0.242. The summed E-state index contributed by atoms with van der Waals surface area (Å²) in [5.41, 5.74) is 2.22. The van der Waals surface area contributed by atoms with Crippen molar-refractivity contribution in [1.29, 1.82) is 0 Å². The van der Waals surface area contributed by atoms with Gasteiger partial charge in [-0.2, -0.15) is 0 Å². The van der Waals surface area contributed by atoms with Gasteiger partial charge in [0.2, 0.25) is 0 Å². The number of amides is 1. The molecular formula is C24H30N2O4. The van der Waals surface area contributed by atoms with Gasteiger partial charge < -0.3 is 19.4 Å². The number of rotatable bonds is 5. The molecule has 6 heteroatoms. The van der Waals surface area contributed by atoms with E-state index in [9.17, 15) is 9.59 Å². The van der Waals surface area contributed by atoms with E-state index in [1.807, 2.05) is 12.1 Å². The van der Waals surface area contributed by atoms with Crippen LogP contribution in [-0.2, 0) is 17.6 Å². The quantitative estimate of drug-likeness (QED) is 0.767. The monoisotopic (exact) mass is 410 g/mol. The first-order chi connectivity index (χ1) is 14.7. The minimum absolute atomic E-state index is 0.0260. The Morgan fingerprint density at radius 2 is 1.97 bits per heavy atom. The Labute approximate surface area is 176 Å². The summed E-state index contributed by atoms with van der Waals surface area (Å²) in [5.74, 6) is 0.994. The molecule has 6 nitrogen and oxygen atoms in total. The molecule has 1 aromatic heterocycles. The number of benzene rings is 1. The fourth-order valence-corrected chi connectivity index (χ4v) is 5.61. The van der Waals surface area contributed by atoms with Crippen LogP contribution in [0.3, 0.4) is 0 Å². The lowest BCUT2D eigenvalue weighted by Gasteiger charge is -2.44. The average molecular weight is 411 g/mol. The zero-order valence-corrected chi connectivity index (χ0v) is 17.5. The molecule has 3 heterocycles. The molecule has 1 amide bonds. The first-order valence-corrected chi connectivity index (χ1v) is 11.4. The SMILES string of the molecule is O=C(COc1ccc2c3c(c(=O)oc2c1)CCC3)NCC1CCCN2CCCCC12. The highest BCUT2D eigenvalue weighted by atomic mass is 16.5. The molecule has 3 aliphatic rings. The van der Waals surface area contributed by atoms with E-state index in [2.05, 4.69) is 10.2 Å². The fourth-order valence-electron chi connectivity index (χ4n) is 5.61. The van der Waals surface area contributed by atoms with Gasteiger partial charge in [0, 0.05) is 29.6 Å². The van der Waals surface area contributed by atoms with Gasteiger partial charge >= 0.3 is 5.63 Å². The standard InChI is InChI=1S/C24H30N2O4/c27-23(25-14-16-5-4-12-26-11-2-1-8-21(16)26)15-29-17-9-10-19-18-6-3-7-20(18)24(28)30-22(19)13-17/h9-10,13,16,21H,1-8,11-12,14-15H2,(H,25,27). The van der Waals surface area contributed by atoms with Crippen LogP contribution in [0.5, 0.6) is 5.75 Å². The molecule has 2 saturated heterocycles. The van der Waals surface area contributed by atoms with Gasteiger partial charge in [0.1, 0.15) is 11.3 Å². The van der Waals surface area contributed by atoms with E-state index in [-0.39, 0.29) is 18.1 Å². The van der Waals surface area contributed by atoms with Crippen LogP contribution in [0.2, 0.25) is 0 Å². The normalized spacial score (nSPS) is 23.7. The maximum Gasteiger partial charge on any atom is 0.339 e. The summed E-state index contributed by atoms with van der Waals surface area (Å²) in [5, 5.41) is 4.05. The molecule has 30 heavy (non-hydrogen) atoms. The van der Waals surface area contributed by atoms with E-state index in [0.717, 1.165) is 42.3 Å². The van der Waals surface area contributed by atoms with E-state index < -0.39 is 0 Å². The smallest absolute Gasteiger partial charge is 0.339 e. The number of nitrogens with one attached hydrogen (secondary N) is 1. The molecule has 160 valence electrons. The molecule has 5 rings (SSSR count). The lowest BCUT2D eigenvalue weighted by Crippen LogP contribution is -2.51. The maximum absolute atomic E-state index is 12.4. The Kier molecular flexibility index (Phi) is 5.50. The van der Waals surface area contributed by atoms with Crippen LogP contribution in [0.4, 0.5) is 0 Å². The Morgan fingerprint density at radius 1 is 1.10 bits per heavy atom. The van der Waals surface area contributed by atoms with Gasteiger partial charge in [-0.05, 0) is 81.6 Å². The van der Waals surface area contributed by atoms with Crippen LogP contribution in [0.15, 0.2) is 27.4 Å². The second kappa shape index (κ2) is 8.42. The Hall–Kier alpha value is -2.34. The molecule has 0 bridgehead atoms. The molecule has 2 aliphatic heterocycles. The first kappa shape index (κ1) is 19.6. The molecule has 1 N–H and O–H groups in total. The van der Waals surface area contributed by atoms with E-state index >= 15 is 0 Å². The summed E-state index contributed by atoms with van der Waals surface area (Å²) in [6, 6.07) is 6.15. The maximum atomic E-state index is 12.4. The summed E-state index contributed by atoms with van der Waals surface area (Å²) in [7, 11) is 0. The van der Waals surface area contributed by atoms with E-state index in [4.69, 9.17) is 9.15 Å². The zero-order chi connectivity index (χ0) is 20.5. The van der Waals surface area contributed by atoms with Crippen LogP contribution in [0, 0.1) is 5.92 Å². The lowest BCUT2D eigenvalue weighted by molar-refractivity contribution is -0.123. The molecule has 2 aromatic rings. The van der Waals surface area contributed by atoms with Crippen LogP contribution in [0.25, 0.3) is 11.0 Å². The highest BCUT2D eigenvalue weighted by Gasteiger charge is 2.32. The van der Waals surface area contributed by atoms with Crippen molar-refractivity contribution in [3.63, 3.8) is 0 Å². The second-order valence-electron chi connectivity index (χ2n) is 8.95. The van der Waals surface area contributed by atoms with Crippen LogP contribution < -0.4 is 15.7 Å². The van der Waals surface area contributed by atoms with Gasteiger partial charge in [0.15, 0.2) is 6.61 Å². The molecular weight excluding hydrogens is 380 g/mol. The number of ether oxygens (including phenoxy) is 1.